The summed E-state index contributed by atoms with van der Waals surface area (Å²) in [7, 11) is 0. The summed E-state index contributed by atoms with van der Waals surface area (Å²) in [6, 6.07) is 13.9. The number of carbonyl (C=O) groups is 2. The maximum absolute atomic E-state index is 12.9. The lowest BCUT2D eigenvalue weighted by molar-refractivity contribution is -0.123. The summed E-state index contributed by atoms with van der Waals surface area (Å²) in [6.45, 7) is -0.219. The number of hydrogen-bond acceptors (Lipinski definition) is 4. The van der Waals surface area contributed by atoms with Gasteiger partial charge in [0.1, 0.15) is 12.6 Å². The Labute approximate surface area is 148 Å². The minimum absolute atomic E-state index is 0.219. The van der Waals surface area contributed by atoms with Gasteiger partial charge in [-0.15, -0.1) is 11.8 Å². The quantitative estimate of drug-likeness (QED) is 0.878. The van der Waals surface area contributed by atoms with Gasteiger partial charge in [-0.3, -0.25) is 9.59 Å². The number of benzene rings is 2. The summed E-state index contributed by atoms with van der Waals surface area (Å²) in [6.07, 6.45) is 0. The highest BCUT2D eigenvalue weighted by atomic mass is 35.5. The number of hydrogen-bond donors (Lipinski definition) is 2. The van der Waals surface area contributed by atoms with Crippen LogP contribution >= 0.6 is 23.4 Å². The van der Waals surface area contributed by atoms with Crippen LogP contribution in [0.1, 0.15) is 10.8 Å². The van der Waals surface area contributed by atoms with Gasteiger partial charge >= 0.3 is 0 Å². The van der Waals surface area contributed by atoms with Crippen LogP contribution in [0, 0.1) is 0 Å². The van der Waals surface area contributed by atoms with Crippen molar-refractivity contribution in [1.82, 2.24) is 0 Å². The number of nitrogens with two attached hydrogens (primary N) is 2. The van der Waals surface area contributed by atoms with E-state index in [-0.39, 0.29) is 17.7 Å². The second-order valence-electron chi connectivity index (χ2n) is 5.48. The molecule has 1 heterocycles. The van der Waals surface area contributed by atoms with Gasteiger partial charge < -0.3 is 16.4 Å². The molecular weight excluding hydrogens is 346 g/mol. The average Bonchev–Trinajstić information content (AvgIpc) is 2.66. The van der Waals surface area contributed by atoms with Crippen LogP contribution in [0.3, 0.4) is 0 Å². The number of thioether (sulfide) groups is 1. The van der Waals surface area contributed by atoms with E-state index in [1.807, 2.05) is 30.3 Å². The Morgan fingerprint density at radius 3 is 2.58 bits per heavy atom. The second kappa shape index (κ2) is 6.84. The Kier molecular flexibility index (Phi) is 4.80. The van der Waals surface area contributed by atoms with Crippen molar-refractivity contribution in [2.24, 2.45) is 11.5 Å². The maximum Gasteiger partial charge on any atom is 0.245 e. The Morgan fingerprint density at radius 1 is 1.21 bits per heavy atom. The lowest BCUT2D eigenvalue weighted by atomic mass is 10.0. The van der Waals surface area contributed by atoms with E-state index in [2.05, 4.69) is 0 Å². The molecule has 0 aliphatic carbocycles. The molecule has 0 spiro atoms. The lowest BCUT2D eigenvalue weighted by Gasteiger charge is -2.24. The highest BCUT2D eigenvalue weighted by molar-refractivity contribution is 7.99. The Balaban J connectivity index is 2.10. The van der Waals surface area contributed by atoms with Crippen LogP contribution in [-0.2, 0) is 9.59 Å². The molecule has 2 atom stereocenters. The van der Waals surface area contributed by atoms with Gasteiger partial charge in [0.05, 0.1) is 10.9 Å². The molecule has 4 N–H and O–H groups in total. The van der Waals surface area contributed by atoms with E-state index >= 15 is 0 Å². The molecule has 0 bridgehead atoms. The maximum atomic E-state index is 12.9. The smallest absolute Gasteiger partial charge is 0.245 e. The van der Waals surface area contributed by atoms with Gasteiger partial charge in [-0.05, 0) is 23.8 Å². The van der Waals surface area contributed by atoms with Crippen molar-refractivity contribution in [2.45, 2.75) is 16.2 Å². The van der Waals surface area contributed by atoms with Crippen molar-refractivity contribution in [3.63, 3.8) is 0 Å². The third-order valence-corrected chi connectivity index (χ3v) is 5.42. The van der Waals surface area contributed by atoms with Gasteiger partial charge in [0.2, 0.25) is 11.8 Å². The fourth-order valence-corrected chi connectivity index (χ4v) is 4.24. The first-order valence-electron chi connectivity index (χ1n) is 7.34. The Morgan fingerprint density at radius 2 is 1.92 bits per heavy atom. The van der Waals surface area contributed by atoms with Gasteiger partial charge in [-0.2, -0.15) is 0 Å². The fraction of sp³-hybridized carbons (Fsp3) is 0.176. The van der Waals surface area contributed by atoms with E-state index in [9.17, 15) is 9.59 Å². The zero-order chi connectivity index (χ0) is 17.3. The van der Waals surface area contributed by atoms with E-state index in [1.165, 1.54) is 16.7 Å². The molecule has 1 aliphatic rings. The first-order valence-corrected chi connectivity index (χ1v) is 8.59. The molecule has 1 aliphatic heterocycles. The van der Waals surface area contributed by atoms with Crippen LogP contribution < -0.4 is 16.4 Å². The van der Waals surface area contributed by atoms with Crippen molar-refractivity contribution in [2.75, 3.05) is 11.4 Å². The summed E-state index contributed by atoms with van der Waals surface area (Å²) in [5, 5.41) is 0.267. The number of rotatable bonds is 3. The third kappa shape index (κ3) is 3.26. The lowest BCUT2D eigenvalue weighted by Crippen LogP contribution is -2.48. The molecule has 124 valence electrons. The highest BCUT2D eigenvalue weighted by Gasteiger charge is 2.36. The second-order valence-corrected chi connectivity index (χ2v) is 7.10. The topological polar surface area (TPSA) is 89.4 Å². The normalized spacial score (nSPS) is 20.4. The first-order chi connectivity index (χ1) is 11.5. The van der Waals surface area contributed by atoms with Crippen LogP contribution in [0.4, 0.5) is 5.69 Å². The van der Waals surface area contributed by atoms with Crippen LogP contribution in [-0.4, -0.2) is 24.4 Å². The zero-order valence-electron chi connectivity index (χ0n) is 12.7. The summed E-state index contributed by atoms with van der Waals surface area (Å²) >= 11 is 7.57. The minimum atomic E-state index is -0.803. The number of halogens is 1. The van der Waals surface area contributed by atoms with Crippen molar-refractivity contribution in [3.05, 3.63) is 59.1 Å². The van der Waals surface area contributed by atoms with Crippen molar-refractivity contribution >= 4 is 40.9 Å². The molecule has 7 heteroatoms. The molecule has 0 saturated heterocycles. The Hall–Kier alpha value is -2.02. The molecule has 5 nitrogen and oxygen atoms in total. The molecule has 0 unspecified atom stereocenters. The van der Waals surface area contributed by atoms with Crippen LogP contribution in [0.5, 0.6) is 0 Å². The molecule has 24 heavy (non-hydrogen) atoms. The van der Waals surface area contributed by atoms with E-state index in [1.54, 1.807) is 18.2 Å². The van der Waals surface area contributed by atoms with E-state index < -0.39 is 11.9 Å². The fourth-order valence-electron chi connectivity index (χ4n) is 2.68. The Bertz CT molecular complexity index is 785. The van der Waals surface area contributed by atoms with Gasteiger partial charge in [-0.1, -0.05) is 41.9 Å². The van der Waals surface area contributed by atoms with Crippen LogP contribution in [0.15, 0.2) is 53.4 Å². The summed E-state index contributed by atoms with van der Waals surface area (Å²) < 4.78 is 0. The van der Waals surface area contributed by atoms with Crippen molar-refractivity contribution in [3.8, 4) is 0 Å². The number of primary amides is 1. The molecule has 2 aromatic carbocycles. The molecule has 2 aromatic rings. The molecule has 0 aromatic heterocycles. The highest BCUT2D eigenvalue weighted by Crippen LogP contribution is 2.45. The van der Waals surface area contributed by atoms with Gasteiger partial charge in [-0.25, -0.2) is 0 Å². The van der Waals surface area contributed by atoms with Gasteiger partial charge in [0, 0.05) is 9.92 Å². The van der Waals surface area contributed by atoms with Crippen LogP contribution in [0.25, 0.3) is 0 Å². The summed E-state index contributed by atoms with van der Waals surface area (Å²) in [5.41, 5.74) is 13.1. The number of nitrogens with zero attached hydrogens (tertiary/aromatic N) is 1. The van der Waals surface area contributed by atoms with Crippen LogP contribution in [0.2, 0.25) is 5.02 Å². The zero-order valence-corrected chi connectivity index (χ0v) is 14.3. The number of anilines is 1. The predicted molar refractivity (Wildman–Crippen MR) is 96.0 cm³/mol. The summed E-state index contributed by atoms with van der Waals surface area (Å²) in [4.78, 5) is 26.4. The molecule has 3 rings (SSSR count). The van der Waals surface area contributed by atoms with E-state index in [4.69, 9.17) is 23.1 Å². The standard InChI is InChI=1S/C17H16ClN3O2S/c18-11-6-7-12-13(8-11)24-16(10-4-2-1-3-5-10)15(20)17(23)21(12)9-14(19)22/h1-8,15-16H,9,20H2,(H2,19,22)/t15-,16+/m1/s1. The SMILES string of the molecule is NC(=O)CN1C(=O)[C@H](N)[C@H](c2ccccc2)Sc2cc(Cl)ccc21. The molecule has 0 saturated carbocycles. The van der Waals surface area contributed by atoms with E-state index in [0.29, 0.717) is 10.7 Å². The van der Waals surface area contributed by atoms with Gasteiger partial charge in [0.25, 0.3) is 0 Å². The number of fused-ring (bicyclic) bond motifs is 1. The molecule has 2 amide bonds. The monoisotopic (exact) mass is 361 g/mol. The molecule has 0 radical (unpaired) electrons. The molecule has 0 fully saturated rings. The largest absolute Gasteiger partial charge is 0.368 e. The van der Waals surface area contributed by atoms with Gasteiger partial charge in [0.15, 0.2) is 0 Å². The molecular formula is C17H16ClN3O2S. The van der Waals surface area contributed by atoms with E-state index in [0.717, 1.165) is 10.5 Å². The van der Waals surface area contributed by atoms with Crippen molar-refractivity contribution in [1.29, 1.82) is 0 Å². The third-order valence-electron chi connectivity index (χ3n) is 3.79. The predicted octanol–water partition coefficient (Wildman–Crippen LogP) is 2.33. The number of carbonyl (C=O) groups excluding carboxylic acids is 2. The summed E-state index contributed by atoms with van der Waals surface area (Å²) in [5.74, 6) is -0.934. The first kappa shape index (κ1) is 16.8. The average molecular weight is 362 g/mol. The van der Waals surface area contributed by atoms with Crippen molar-refractivity contribution < 1.29 is 9.59 Å². The minimum Gasteiger partial charge on any atom is -0.368 e. The number of amides is 2.